The molecule has 0 aliphatic rings. The van der Waals surface area contributed by atoms with E-state index in [-0.39, 0.29) is 0 Å². The standard InChI is InChI=1S/C13H13NO4/c1-3-16-12(15)7-9(2)18-11-6-4-5-10-13(11)14-8-17-10/h4-8H,3H2,1-2H3/b9-7+. The SMILES string of the molecule is CCOC(=O)/C=C(\C)Oc1cccc2ocnc12. The molecule has 0 bridgehead atoms. The molecule has 0 unspecified atom stereocenters. The monoisotopic (exact) mass is 247 g/mol. The summed E-state index contributed by atoms with van der Waals surface area (Å²) in [6.07, 6.45) is 2.64. The molecule has 0 fully saturated rings. The Morgan fingerprint density at radius 3 is 3.11 bits per heavy atom. The van der Waals surface area contributed by atoms with Gasteiger partial charge in [-0.2, -0.15) is 0 Å². The van der Waals surface area contributed by atoms with Crippen LogP contribution < -0.4 is 4.74 Å². The average molecular weight is 247 g/mol. The minimum atomic E-state index is -0.428. The lowest BCUT2D eigenvalue weighted by Crippen LogP contribution is -2.02. The van der Waals surface area contributed by atoms with Crippen LogP contribution in [0.2, 0.25) is 0 Å². The summed E-state index contributed by atoms with van der Waals surface area (Å²) in [5.74, 6) is 0.547. The molecule has 0 aliphatic carbocycles. The van der Waals surface area contributed by atoms with E-state index in [9.17, 15) is 4.79 Å². The number of ether oxygens (including phenoxy) is 2. The van der Waals surface area contributed by atoms with Crippen LogP contribution in [0.25, 0.3) is 11.1 Å². The van der Waals surface area contributed by atoms with Crippen molar-refractivity contribution in [2.24, 2.45) is 0 Å². The van der Waals surface area contributed by atoms with E-state index in [0.717, 1.165) is 0 Å². The quantitative estimate of drug-likeness (QED) is 0.472. The molecule has 0 radical (unpaired) electrons. The highest BCUT2D eigenvalue weighted by atomic mass is 16.5. The molecule has 0 atom stereocenters. The predicted octanol–water partition coefficient (Wildman–Crippen LogP) is 2.67. The molecular formula is C13H13NO4. The fourth-order valence-electron chi connectivity index (χ4n) is 1.50. The summed E-state index contributed by atoms with van der Waals surface area (Å²) >= 11 is 0. The second kappa shape index (κ2) is 5.35. The maximum Gasteiger partial charge on any atom is 0.334 e. The Hall–Kier alpha value is -2.30. The number of aromatic nitrogens is 1. The zero-order chi connectivity index (χ0) is 13.0. The van der Waals surface area contributed by atoms with Gasteiger partial charge in [-0.3, -0.25) is 0 Å². The lowest BCUT2D eigenvalue weighted by Gasteiger charge is -2.05. The molecule has 18 heavy (non-hydrogen) atoms. The number of allylic oxidation sites excluding steroid dienone is 1. The van der Waals surface area contributed by atoms with E-state index in [1.54, 1.807) is 32.0 Å². The molecule has 2 rings (SSSR count). The van der Waals surface area contributed by atoms with Crippen molar-refractivity contribution in [1.82, 2.24) is 4.98 Å². The van der Waals surface area contributed by atoms with Gasteiger partial charge in [-0.15, -0.1) is 0 Å². The predicted molar refractivity (Wildman–Crippen MR) is 65.0 cm³/mol. The number of nitrogens with zero attached hydrogens (tertiary/aromatic N) is 1. The molecule has 0 amide bonds. The third-order valence-electron chi connectivity index (χ3n) is 2.20. The molecule has 0 aliphatic heterocycles. The maximum atomic E-state index is 11.2. The molecule has 0 spiro atoms. The minimum Gasteiger partial charge on any atom is -0.463 e. The van der Waals surface area contributed by atoms with Gasteiger partial charge in [-0.1, -0.05) is 6.07 Å². The van der Waals surface area contributed by atoms with Crippen LogP contribution in [0.1, 0.15) is 13.8 Å². The number of carbonyl (C=O) groups is 1. The van der Waals surface area contributed by atoms with Crippen LogP contribution in [0, 0.1) is 0 Å². The van der Waals surface area contributed by atoms with Gasteiger partial charge in [0.2, 0.25) is 0 Å². The van der Waals surface area contributed by atoms with Crippen LogP contribution in [0.15, 0.2) is 40.8 Å². The minimum absolute atomic E-state index is 0.335. The van der Waals surface area contributed by atoms with Gasteiger partial charge in [-0.25, -0.2) is 9.78 Å². The third-order valence-corrected chi connectivity index (χ3v) is 2.20. The van der Waals surface area contributed by atoms with Crippen molar-refractivity contribution < 1.29 is 18.7 Å². The van der Waals surface area contributed by atoms with Gasteiger partial charge in [-0.05, 0) is 26.0 Å². The van der Waals surface area contributed by atoms with Crippen LogP contribution in [-0.2, 0) is 9.53 Å². The molecule has 1 aromatic carbocycles. The fraction of sp³-hybridized carbons (Fsp3) is 0.231. The van der Waals surface area contributed by atoms with Crippen LogP contribution in [-0.4, -0.2) is 17.6 Å². The Bertz CT molecular complexity index is 585. The first-order valence-corrected chi connectivity index (χ1v) is 5.56. The second-order valence-corrected chi connectivity index (χ2v) is 3.56. The van der Waals surface area contributed by atoms with E-state index in [1.165, 1.54) is 12.5 Å². The maximum absolute atomic E-state index is 11.2. The lowest BCUT2D eigenvalue weighted by atomic mass is 10.3. The van der Waals surface area contributed by atoms with Crippen molar-refractivity contribution in [3.05, 3.63) is 36.4 Å². The topological polar surface area (TPSA) is 61.6 Å². The Morgan fingerprint density at radius 2 is 2.33 bits per heavy atom. The molecule has 5 nitrogen and oxygen atoms in total. The van der Waals surface area contributed by atoms with Gasteiger partial charge in [0, 0.05) is 0 Å². The number of esters is 1. The van der Waals surface area contributed by atoms with Crippen molar-refractivity contribution in [2.45, 2.75) is 13.8 Å². The van der Waals surface area contributed by atoms with E-state index in [0.29, 0.717) is 29.2 Å². The van der Waals surface area contributed by atoms with E-state index >= 15 is 0 Å². The normalized spacial score (nSPS) is 11.6. The molecule has 0 N–H and O–H groups in total. The summed E-state index contributed by atoms with van der Waals surface area (Å²) in [5, 5.41) is 0. The first-order chi connectivity index (χ1) is 8.70. The number of para-hydroxylation sites is 1. The lowest BCUT2D eigenvalue weighted by molar-refractivity contribution is -0.137. The first kappa shape index (κ1) is 12.2. The Balaban J connectivity index is 2.18. The number of fused-ring (bicyclic) bond motifs is 1. The number of hydrogen-bond donors (Lipinski definition) is 0. The van der Waals surface area contributed by atoms with Gasteiger partial charge < -0.3 is 13.9 Å². The van der Waals surface area contributed by atoms with Gasteiger partial charge in [0.25, 0.3) is 0 Å². The smallest absolute Gasteiger partial charge is 0.334 e. The number of carbonyl (C=O) groups excluding carboxylic acids is 1. The van der Waals surface area contributed by atoms with Crippen LogP contribution in [0.3, 0.4) is 0 Å². The molecule has 94 valence electrons. The molecule has 5 heteroatoms. The van der Waals surface area contributed by atoms with Gasteiger partial charge >= 0.3 is 5.97 Å². The zero-order valence-corrected chi connectivity index (χ0v) is 10.2. The number of oxazole rings is 1. The highest BCUT2D eigenvalue weighted by Crippen LogP contribution is 2.25. The van der Waals surface area contributed by atoms with Crippen molar-refractivity contribution in [3.8, 4) is 5.75 Å². The van der Waals surface area contributed by atoms with Crippen LogP contribution >= 0.6 is 0 Å². The summed E-state index contributed by atoms with van der Waals surface area (Å²) in [6, 6.07) is 5.34. The number of benzene rings is 1. The fourth-order valence-corrected chi connectivity index (χ4v) is 1.50. The molecule has 1 aromatic heterocycles. The Labute approximate surface area is 104 Å². The molecule has 1 heterocycles. The van der Waals surface area contributed by atoms with Crippen molar-refractivity contribution in [1.29, 1.82) is 0 Å². The van der Waals surface area contributed by atoms with E-state index < -0.39 is 5.97 Å². The summed E-state index contributed by atoms with van der Waals surface area (Å²) in [6.45, 7) is 3.76. The summed E-state index contributed by atoms with van der Waals surface area (Å²) in [4.78, 5) is 15.3. The molecule has 2 aromatic rings. The first-order valence-electron chi connectivity index (χ1n) is 5.56. The molecule has 0 saturated heterocycles. The van der Waals surface area contributed by atoms with Gasteiger partial charge in [0.15, 0.2) is 23.2 Å². The van der Waals surface area contributed by atoms with Crippen LogP contribution in [0.4, 0.5) is 0 Å². The summed E-state index contributed by atoms with van der Waals surface area (Å²) in [5.41, 5.74) is 1.26. The van der Waals surface area contributed by atoms with Crippen molar-refractivity contribution >= 4 is 17.1 Å². The summed E-state index contributed by atoms with van der Waals surface area (Å²) < 4.78 is 15.5. The van der Waals surface area contributed by atoms with Gasteiger partial charge in [0.05, 0.1) is 12.7 Å². The van der Waals surface area contributed by atoms with Gasteiger partial charge in [0.1, 0.15) is 5.76 Å². The Morgan fingerprint density at radius 1 is 1.50 bits per heavy atom. The third kappa shape index (κ3) is 2.68. The van der Waals surface area contributed by atoms with E-state index in [2.05, 4.69) is 4.98 Å². The highest BCUT2D eigenvalue weighted by molar-refractivity contribution is 5.83. The van der Waals surface area contributed by atoms with Crippen molar-refractivity contribution in [3.63, 3.8) is 0 Å². The summed E-state index contributed by atoms with van der Waals surface area (Å²) in [7, 11) is 0. The molecular weight excluding hydrogens is 234 g/mol. The number of hydrogen-bond acceptors (Lipinski definition) is 5. The second-order valence-electron chi connectivity index (χ2n) is 3.56. The van der Waals surface area contributed by atoms with Crippen molar-refractivity contribution in [2.75, 3.05) is 6.61 Å². The largest absolute Gasteiger partial charge is 0.463 e. The zero-order valence-electron chi connectivity index (χ0n) is 10.2. The van der Waals surface area contributed by atoms with E-state index in [4.69, 9.17) is 13.9 Å². The van der Waals surface area contributed by atoms with E-state index in [1.807, 2.05) is 0 Å². The number of rotatable bonds is 4. The highest BCUT2D eigenvalue weighted by Gasteiger charge is 2.07. The average Bonchev–Trinajstić information content (AvgIpc) is 2.78. The van der Waals surface area contributed by atoms with Crippen LogP contribution in [0.5, 0.6) is 5.75 Å². The molecule has 0 saturated carbocycles. The Kier molecular flexibility index (Phi) is 3.62.